The second-order valence-electron chi connectivity index (χ2n) is 3.89. The Labute approximate surface area is 154 Å². The fraction of sp³-hybridized carbons (Fsp3) is 0.333. The maximum absolute atomic E-state index is 11.8. The van der Waals surface area contributed by atoms with Crippen LogP contribution in [0.25, 0.3) is 0 Å². The first kappa shape index (κ1) is 22.0. The third kappa shape index (κ3) is 6.55. The van der Waals surface area contributed by atoms with E-state index in [-0.39, 0.29) is 41.7 Å². The molecule has 2 N–H and O–H groups in total. The van der Waals surface area contributed by atoms with Crippen molar-refractivity contribution in [2.75, 3.05) is 26.4 Å². The van der Waals surface area contributed by atoms with Gasteiger partial charge in [0.2, 0.25) is 0 Å². The summed E-state index contributed by atoms with van der Waals surface area (Å²) >= 11 is 0. The van der Waals surface area contributed by atoms with Crippen molar-refractivity contribution in [3.63, 3.8) is 0 Å². The van der Waals surface area contributed by atoms with Crippen molar-refractivity contribution in [2.45, 2.75) is 4.90 Å². The summed E-state index contributed by atoms with van der Waals surface area (Å²) in [5, 5.41) is 28.0. The van der Waals surface area contributed by atoms with E-state index in [1.165, 1.54) is 0 Å². The number of aliphatic hydroxyl groups excluding tert-OH is 2. The number of esters is 1. The van der Waals surface area contributed by atoms with Crippen LogP contribution in [0.2, 0.25) is 0 Å². The summed E-state index contributed by atoms with van der Waals surface area (Å²) in [5.74, 6) is -2.72. The Kier molecular flexibility index (Phi) is 9.54. The second-order valence-corrected chi connectivity index (χ2v) is 5.51. The van der Waals surface area contributed by atoms with Crippen LogP contribution in [-0.4, -0.2) is 57.0 Å². The van der Waals surface area contributed by atoms with Gasteiger partial charge >= 0.3 is 35.5 Å². The molecule has 0 saturated heterocycles. The van der Waals surface area contributed by atoms with Crippen LogP contribution < -0.4 is 34.7 Å². The van der Waals surface area contributed by atoms with Gasteiger partial charge in [-0.25, -0.2) is 4.79 Å². The van der Waals surface area contributed by atoms with Gasteiger partial charge in [0.15, 0.2) is 0 Å². The molecule has 0 aromatic heterocycles. The molecule has 0 radical (unpaired) electrons. The van der Waals surface area contributed by atoms with Gasteiger partial charge in [-0.15, -0.1) is 0 Å². The maximum atomic E-state index is 11.8. The zero-order valence-electron chi connectivity index (χ0n) is 12.2. The topological polar surface area (TPSA) is 150 Å². The molecule has 122 valence electrons. The minimum absolute atomic E-state index is 0. The van der Waals surface area contributed by atoms with Crippen LogP contribution in [0.4, 0.5) is 0 Å². The summed E-state index contributed by atoms with van der Waals surface area (Å²) in [4.78, 5) is 22.0. The van der Waals surface area contributed by atoms with Gasteiger partial charge in [-0.1, -0.05) is 0 Å². The number of carboxylic acids is 1. The van der Waals surface area contributed by atoms with Gasteiger partial charge in [-0.2, -0.15) is 8.42 Å². The Morgan fingerprint density at radius 1 is 1.04 bits per heavy atom. The molecule has 0 aliphatic heterocycles. The average Bonchev–Trinajstić information content (AvgIpc) is 2.50. The molecule has 0 aliphatic carbocycles. The molecule has 0 unspecified atom stereocenters. The maximum Gasteiger partial charge on any atom is 1.00 e. The van der Waals surface area contributed by atoms with Gasteiger partial charge in [-0.3, -0.25) is 4.18 Å². The van der Waals surface area contributed by atoms with Crippen LogP contribution in [0.3, 0.4) is 0 Å². The molecule has 0 spiro atoms. The molecule has 0 aliphatic rings. The summed E-state index contributed by atoms with van der Waals surface area (Å²) in [5.41, 5.74) is -0.925. The van der Waals surface area contributed by atoms with E-state index in [0.29, 0.717) is 0 Å². The Balaban J connectivity index is 0.00000484. The van der Waals surface area contributed by atoms with Gasteiger partial charge in [0.05, 0.1) is 36.2 Å². The number of aromatic carboxylic acids is 1. The van der Waals surface area contributed by atoms with E-state index in [2.05, 4.69) is 8.92 Å². The average molecular weight is 356 g/mol. The molecule has 0 heterocycles. The van der Waals surface area contributed by atoms with Crippen molar-refractivity contribution < 1.29 is 71.8 Å². The van der Waals surface area contributed by atoms with Crippen molar-refractivity contribution >= 4 is 22.1 Å². The smallest absolute Gasteiger partial charge is 0.545 e. The van der Waals surface area contributed by atoms with Crippen molar-refractivity contribution in [3.05, 3.63) is 29.3 Å². The number of hydrogen-bond donors (Lipinski definition) is 2. The van der Waals surface area contributed by atoms with Crippen LogP contribution in [0, 0.1) is 0 Å². The van der Waals surface area contributed by atoms with Gasteiger partial charge in [0.25, 0.3) is 10.1 Å². The first-order valence-corrected chi connectivity index (χ1v) is 7.37. The number of carboxylic acid groups (broad SMARTS) is 1. The molecular formula is C12H13NaO9S. The molecule has 0 amide bonds. The van der Waals surface area contributed by atoms with Crippen molar-refractivity contribution in [2.24, 2.45) is 0 Å². The number of ether oxygens (including phenoxy) is 1. The van der Waals surface area contributed by atoms with Gasteiger partial charge in [0.1, 0.15) is 6.61 Å². The quantitative estimate of drug-likeness (QED) is 0.265. The first-order valence-electron chi connectivity index (χ1n) is 5.96. The van der Waals surface area contributed by atoms with Gasteiger partial charge in [-0.05, 0) is 23.8 Å². The summed E-state index contributed by atoms with van der Waals surface area (Å²) < 4.78 is 32.6. The fourth-order valence-corrected chi connectivity index (χ4v) is 2.39. The zero-order chi connectivity index (χ0) is 16.8. The molecule has 0 fully saturated rings. The van der Waals surface area contributed by atoms with Crippen LogP contribution in [-0.2, 0) is 19.0 Å². The molecule has 1 aromatic rings. The first-order chi connectivity index (χ1) is 10.3. The number of hydrogen-bond acceptors (Lipinski definition) is 9. The van der Waals surface area contributed by atoms with Crippen LogP contribution >= 0.6 is 0 Å². The van der Waals surface area contributed by atoms with E-state index in [0.717, 1.165) is 18.2 Å². The third-order valence-electron chi connectivity index (χ3n) is 2.32. The standard InChI is InChI=1S/C12H14O9S.Na/c13-1-3-20-12(17)9-5-8(11(15)16)6-10(7-9)22(18,19)21-4-2-14;/h5-7,13-14H,1-4H2,(H,15,16);/q;+1/p-1. The van der Waals surface area contributed by atoms with Crippen LogP contribution in [0.5, 0.6) is 0 Å². The Morgan fingerprint density at radius 3 is 2.13 bits per heavy atom. The van der Waals surface area contributed by atoms with Crippen molar-refractivity contribution in [1.82, 2.24) is 0 Å². The summed E-state index contributed by atoms with van der Waals surface area (Å²) in [6, 6.07) is 2.49. The predicted octanol–water partition coefficient (Wildman–Crippen LogP) is -5.10. The van der Waals surface area contributed by atoms with E-state index in [1.807, 2.05) is 0 Å². The number of benzene rings is 1. The molecular weight excluding hydrogens is 343 g/mol. The fourth-order valence-electron chi connectivity index (χ4n) is 1.42. The predicted molar refractivity (Wildman–Crippen MR) is 68.4 cm³/mol. The monoisotopic (exact) mass is 356 g/mol. The Hall–Kier alpha value is -1.01. The molecule has 0 saturated carbocycles. The number of aliphatic hydroxyl groups is 2. The van der Waals surface area contributed by atoms with E-state index >= 15 is 0 Å². The second kappa shape index (κ2) is 9.98. The zero-order valence-corrected chi connectivity index (χ0v) is 15.0. The number of rotatable bonds is 8. The minimum atomic E-state index is -4.36. The molecule has 0 bridgehead atoms. The third-order valence-corrected chi connectivity index (χ3v) is 3.61. The Morgan fingerprint density at radius 2 is 1.61 bits per heavy atom. The number of carbonyl (C=O) groups excluding carboxylic acids is 2. The molecule has 9 nitrogen and oxygen atoms in total. The minimum Gasteiger partial charge on any atom is -0.545 e. The molecule has 11 heteroatoms. The van der Waals surface area contributed by atoms with Gasteiger partial charge in [0, 0.05) is 0 Å². The van der Waals surface area contributed by atoms with Crippen LogP contribution in [0.1, 0.15) is 20.7 Å². The van der Waals surface area contributed by atoms with Crippen LogP contribution in [0.15, 0.2) is 23.1 Å². The molecule has 0 atom stereocenters. The summed E-state index contributed by atoms with van der Waals surface area (Å²) in [6.07, 6.45) is 0. The SMILES string of the molecule is O=C([O-])c1cc(C(=O)OCCO)cc(S(=O)(=O)OCCO)c1.[Na+]. The normalized spacial score (nSPS) is 10.7. The van der Waals surface area contributed by atoms with Crippen molar-refractivity contribution in [1.29, 1.82) is 0 Å². The van der Waals surface area contributed by atoms with Gasteiger partial charge < -0.3 is 24.9 Å². The molecule has 23 heavy (non-hydrogen) atoms. The number of carbonyl (C=O) groups is 2. The van der Waals surface area contributed by atoms with E-state index in [1.54, 1.807) is 0 Å². The van der Waals surface area contributed by atoms with E-state index in [4.69, 9.17) is 10.2 Å². The largest absolute Gasteiger partial charge is 1.00 e. The molecule has 1 aromatic carbocycles. The Bertz CT molecular complexity index is 656. The summed E-state index contributed by atoms with van der Waals surface area (Å²) in [6.45, 7) is -1.87. The molecule has 1 rings (SSSR count). The van der Waals surface area contributed by atoms with E-state index in [9.17, 15) is 23.1 Å². The van der Waals surface area contributed by atoms with Crippen molar-refractivity contribution in [3.8, 4) is 0 Å². The van der Waals surface area contributed by atoms with E-state index < -0.39 is 52.3 Å². The summed E-state index contributed by atoms with van der Waals surface area (Å²) in [7, 11) is -4.36.